The molecule has 0 aliphatic carbocycles. The third-order valence-corrected chi connectivity index (χ3v) is 5.61. The zero-order valence-corrected chi connectivity index (χ0v) is 15.9. The number of likely N-dealkylation sites (N-methyl/N-ethyl adjacent to an activating group) is 1. The van der Waals surface area contributed by atoms with E-state index in [0.29, 0.717) is 12.4 Å². The molecule has 1 saturated heterocycles. The monoisotopic (exact) mass is 384 g/mol. The summed E-state index contributed by atoms with van der Waals surface area (Å²) in [6, 6.07) is 14.6. The summed E-state index contributed by atoms with van der Waals surface area (Å²) in [6.07, 6.45) is 0. The van der Waals surface area contributed by atoms with Crippen molar-refractivity contribution in [2.75, 3.05) is 27.4 Å². The molecule has 0 saturated carbocycles. The minimum atomic E-state index is -1.08. The second-order valence-corrected chi connectivity index (χ2v) is 7.10. The van der Waals surface area contributed by atoms with Crippen LogP contribution in [0.1, 0.15) is 17.2 Å². The van der Waals surface area contributed by atoms with Gasteiger partial charge in [-0.15, -0.1) is 0 Å². The summed E-state index contributed by atoms with van der Waals surface area (Å²) in [5, 5.41) is 13.1. The zero-order valence-electron chi connectivity index (χ0n) is 15.9. The normalized spacial score (nSPS) is 25.5. The molecular weight excluding hydrogens is 360 g/mol. The Morgan fingerprint density at radius 2 is 1.96 bits per heavy atom. The first kappa shape index (κ1) is 18.6. The summed E-state index contributed by atoms with van der Waals surface area (Å²) in [4.78, 5) is 14.1. The molecule has 7 heteroatoms. The Morgan fingerprint density at radius 1 is 1.21 bits per heavy atom. The number of nitrogens with one attached hydrogen (secondary N) is 1. The maximum atomic E-state index is 12.6. The van der Waals surface area contributed by atoms with E-state index in [2.05, 4.69) is 5.32 Å². The minimum Gasteiger partial charge on any atom is -0.497 e. The van der Waals surface area contributed by atoms with Crippen LogP contribution in [0.2, 0.25) is 0 Å². The van der Waals surface area contributed by atoms with Crippen molar-refractivity contribution < 1.29 is 24.1 Å². The van der Waals surface area contributed by atoms with Crippen LogP contribution in [-0.4, -0.2) is 49.1 Å². The number of fused-ring (bicyclic) bond motifs is 4. The summed E-state index contributed by atoms with van der Waals surface area (Å²) in [6.45, 7) is 0.351. The number of para-hydroxylation sites is 1. The second kappa shape index (κ2) is 7.33. The highest BCUT2D eigenvalue weighted by Crippen LogP contribution is 2.47. The van der Waals surface area contributed by atoms with Gasteiger partial charge in [-0.05, 0) is 23.8 Å². The van der Waals surface area contributed by atoms with Gasteiger partial charge in [-0.2, -0.15) is 0 Å². The lowest BCUT2D eigenvalue weighted by atomic mass is 9.79. The van der Waals surface area contributed by atoms with Crippen molar-refractivity contribution in [3.8, 4) is 11.5 Å². The third-order valence-electron chi connectivity index (χ3n) is 5.61. The molecule has 2 amide bonds. The Kier molecular flexibility index (Phi) is 4.87. The molecule has 2 N–H and O–H groups in total. The fourth-order valence-electron chi connectivity index (χ4n) is 3.99. The number of methoxy groups -OCH3 is 1. The highest BCUT2D eigenvalue weighted by molar-refractivity contribution is 5.77. The van der Waals surface area contributed by atoms with Gasteiger partial charge in [0.1, 0.15) is 18.1 Å². The number of hydrogen-bond donors (Lipinski definition) is 2. The fourth-order valence-corrected chi connectivity index (χ4v) is 3.99. The van der Waals surface area contributed by atoms with Crippen LogP contribution in [-0.2, 0) is 11.3 Å². The zero-order chi connectivity index (χ0) is 19.7. The first-order valence-corrected chi connectivity index (χ1v) is 9.23. The Hall–Kier alpha value is -2.77. The van der Waals surface area contributed by atoms with Crippen LogP contribution in [0.3, 0.4) is 0 Å². The number of hydrogen-bond acceptors (Lipinski definition) is 5. The molecular formula is C21H24N2O5. The van der Waals surface area contributed by atoms with E-state index in [4.69, 9.17) is 14.2 Å². The number of aliphatic hydroxyl groups is 1. The summed E-state index contributed by atoms with van der Waals surface area (Å²) in [7, 11) is 3.29. The first-order valence-electron chi connectivity index (χ1n) is 9.23. The van der Waals surface area contributed by atoms with Gasteiger partial charge in [-0.25, -0.2) is 4.79 Å². The van der Waals surface area contributed by atoms with Crippen molar-refractivity contribution in [3.63, 3.8) is 0 Å². The largest absolute Gasteiger partial charge is 0.497 e. The van der Waals surface area contributed by atoms with Gasteiger partial charge in [-0.1, -0.05) is 30.3 Å². The van der Waals surface area contributed by atoms with Crippen molar-refractivity contribution in [2.24, 2.45) is 5.92 Å². The summed E-state index contributed by atoms with van der Waals surface area (Å²) < 4.78 is 17.5. The highest BCUT2D eigenvalue weighted by atomic mass is 16.6. The lowest BCUT2D eigenvalue weighted by Gasteiger charge is -2.55. The number of urea groups is 1. The van der Waals surface area contributed by atoms with E-state index in [1.54, 1.807) is 14.2 Å². The minimum absolute atomic E-state index is 0.138. The predicted molar refractivity (Wildman–Crippen MR) is 102 cm³/mol. The van der Waals surface area contributed by atoms with E-state index < -0.39 is 5.72 Å². The molecule has 2 aliphatic rings. The van der Waals surface area contributed by atoms with Crippen molar-refractivity contribution in [3.05, 3.63) is 59.7 Å². The smallest absolute Gasteiger partial charge is 0.320 e. The van der Waals surface area contributed by atoms with Gasteiger partial charge in [-0.3, -0.25) is 4.90 Å². The van der Waals surface area contributed by atoms with Crippen molar-refractivity contribution in [2.45, 2.75) is 18.4 Å². The fraction of sp³-hybridized carbons (Fsp3) is 0.381. The maximum Gasteiger partial charge on any atom is 0.320 e. The Balaban J connectivity index is 1.59. The molecule has 2 aliphatic heterocycles. The molecule has 2 bridgehead atoms. The van der Waals surface area contributed by atoms with E-state index in [0.717, 1.165) is 16.9 Å². The SMILES string of the molecule is COc1ccc(COC[C@@]23Oc4ccccc4[C@@H](NC(=O)N2C)[C@H]3CO)cc1. The molecule has 1 fully saturated rings. The van der Waals surface area contributed by atoms with Crippen molar-refractivity contribution >= 4 is 6.03 Å². The maximum absolute atomic E-state index is 12.6. The molecule has 2 aromatic rings. The molecule has 0 radical (unpaired) electrons. The Labute approximate surface area is 163 Å². The van der Waals surface area contributed by atoms with Crippen LogP contribution < -0.4 is 14.8 Å². The van der Waals surface area contributed by atoms with Gasteiger partial charge in [0.15, 0.2) is 0 Å². The number of rotatable bonds is 6. The quantitative estimate of drug-likeness (QED) is 0.799. The Morgan fingerprint density at radius 3 is 2.68 bits per heavy atom. The lowest BCUT2D eigenvalue weighted by molar-refractivity contribution is -0.181. The molecule has 7 nitrogen and oxygen atoms in total. The van der Waals surface area contributed by atoms with E-state index in [9.17, 15) is 9.90 Å². The first-order chi connectivity index (χ1) is 13.6. The summed E-state index contributed by atoms with van der Waals surface area (Å²) in [5.74, 6) is 1.11. The standard InChI is InChI=1S/C21H24N2O5/c1-23-20(25)22-19-16-5-3-4-6-18(16)28-21(23,17(19)11-24)13-27-12-14-7-9-15(26-2)10-8-14/h3-10,17,19,24H,11-13H2,1-2H3,(H,22,25)/t17-,19-,21+/m1/s1. The molecule has 0 unspecified atom stereocenters. The van der Waals surface area contributed by atoms with Crippen molar-refractivity contribution in [1.29, 1.82) is 0 Å². The van der Waals surface area contributed by atoms with Crippen LogP contribution in [0.4, 0.5) is 4.79 Å². The van der Waals surface area contributed by atoms with Gasteiger partial charge in [0, 0.05) is 12.6 Å². The molecule has 4 rings (SSSR count). The number of aliphatic hydroxyl groups excluding tert-OH is 1. The predicted octanol–water partition coefficient (Wildman–Crippen LogP) is 2.31. The summed E-state index contributed by atoms with van der Waals surface area (Å²) >= 11 is 0. The van der Waals surface area contributed by atoms with Gasteiger partial charge < -0.3 is 24.6 Å². The Bertz CT molecular complexity index is 856. The van der Waals surface area contributed by atoms with Crippen LogP contribution in [0.25, 0.3) is 0 Å². The molecule has 0 aromatic heterocycles. The number of nitrogens with zero attached hydrogens (tertiary/aromatic N) is 1. The molecule has 28 heavy (non-hydrogen) atoms. The molecule has 148 valence electrons. The average Bonchev–Trinajstić information content (AvgIpc) is 2.72. The number of benzene rings is 2. The third kappa shape index (κ3) is 2.96. The van der Waals surface area contributed by atoms with Crippen LogP contribution >= 0.6 is 0 Å². The van der Waals surface area contributed by atoms with E-state index >= 15 is 0 Å². The molecule has 2 heterocycles. The van der Waals surface area contributed by atoms with Gasteiger partial charge in [0.05, 0.1) is 32.3 Å². The topological polar surface area (TPSA) is 80.3 Å². The van der Waals surface area contributed by atoms with Crippen LogP contribution in [0.5, 0.6) is 11.5 Å². The van der Waals surface area contributed by atoms with Gasteiger partial charge in [0.2, 0.25) is 5.72 Å². The van der Waals surface area contributed by atoms with E-state index in [1.165, 1.54) is 4.90 Å². The number of carbonyl (C=O) groups is 1. The molecule has 3 atom stereocenters. The van der Waals surface area contributed by atoms with Crippen molar-refractivity contribution in [1.82, 2.24) is 10.2 Å². The van der Waals surface area contributed by atoms with Gasteiger partial charge in [0.25, 0.3) is 0 Å². The van der Waals surface area contributed by atoms with Crippen LogP contribution in [0, 0.1) is 5.92 Å². The number of ether oxygens (including phenoxy) is 3. The van der Waals surface area contributed by atoms with E-state index in [-0.39, 0.29) is 31.2 Å². The summed E-state index contributed by atoms with van der Waals surface area (Å²) in [5.41, 5.74) is 0.768. The number of carbonyl (C=O) groups excluding carboxylic acids is 1. The van der Waals surface area contributed by atoms with Gasteiger partial charge >= 0.3 is 6.03 Å². The lowest BCUT2D eigenvalue weighted by Crippen LogP contribution is -2.72. The number of amides is 2. The van der Waals surface area contributed by atoms with Crippen LogP contribution in [0.15, 0.2) is 48.5 Å². The average molecular weight is 384 g/mol. The molecule has 2 aromatic carbocycles. The van der Waals surface area contributed by atoms with E-state index in [1.807, 2.05) is 48.5 Å². The second-order valence-electron chi connectivity index (χ2n) is 7.10. The highest BCUT2D eigenvalue weighted by Gasteiger charge is 2.58. The molecule has 0 spiro atoms.